The second kappa shape index (κ2) is 13.5. The van der Waals surface area contributed by atoms with Gasteiger partial charge in [-0.2, -0.15) is 30.6 Å². The van der Waals surface area contributed by atoms with Crippen LogP contribution in [0.2, 0.25) is 0 Å². The van der Waals surface area contributed by atoms with Crippen molar-refractivity contribution in [1.29, 1.82) is 0 Å². The van der Waals surface area contributed by atoms with Crippen molar-refractivity contribution in [3.05, 3.63) is 65.4 Å². The van der Waals surface area contributed by atoms with Crippen LogP contribution < -0.4 is 5.32 Å². The van der Waals surface area contributed by atoms with E-state index in [0.717, 1.165) is 31.1 Å². The summed E-state index contributed by atoms with van der Waals surface area (Å²) in [5.41, 5.74) is -4.48. The van der Waals surface area contributed by atoms with Gasteiger partial charge in [-0.1, -0.05) is 17.8 Å². The molecule has 0 unspecified atom stereocenters. The summed E-state index contributed by atoms with van der Waals surface area (Å²) in [5, 5.41) is 3.28. The van der Waals surface area contributed by atoms with Gasteiger partial charge in [-0.3, -0.25) is 4.79 Å². The summed E-state index contributed by atoms with van der Waals surface area (Å²) in [5.74, 6) is -1.34. The lowest BCUT2D eigenvalue weighted by atomic mass is 9.96. The number of benzene rings is 2. The van der Waals surface area contributed by atoms with Gasteiger partial charge in [0.25, 0.3) is 0 Å². The minimum atomic E-state index is -5.48. The monoisotopic (exact) mass is 651 g/mol. The molecule has 0 saturated carbocycles. The minimum Gasteiger partial charge on any atom is -0.382 e. The van der Waals surface area contributed by atoms with Crippen molar-refractivity contribution in [3.63, 3.8) is 0 Å². The van der Waals surface area contributed by atoms with E-state index in [1.165, 1.54) is 28.4 Å². The SMILES string of the molecule is CCS(=O)(=O)N1CCN(C=CC(=O)c2ccc(Sc3cccc(NC4CCOCC4)c3)c(C(F)(F)F)c2C(F)(F)F)CC1. The molecule has 1 N–H and O–H groups in total. The maximum absolute atomic E-state index is 14.3. The van der Waals surface area contributed by atoms with Gasteiger partial charge in [0, 0.05) is 78.8 Å². The number of ketones is 1. The molecule has 0 aromatic heterocycles. The number of hydrogen-bond donors (Lipinski definition) is 1. The fraction of sp³-hybridized carbons (Fsp3) is 0.464. The molecule has 4 rings (SSSR count). The zero-order valence-electron chi connectivity index (χ0n) is 23.2. The van der Waals surface area contributed by atoms with Crippen LogP contribution in [0.5, 0.6) is 0 Å². The maximum Gasteiger partial charge on any atom is 0.418 e. The number of piperazine rings is 1. The predicted molar refractivity (Wildman–Crippen MR) is 151 cm³/mol. The Morgan fingerprint density at radius 2 is 1.65 bits per heavy atom. The van der Waals surface area contributed by atoms with E-state index in [1.807, 2.05) is 0 Å². The molecule has 236 valence electrons. The smallest absolute Gasteiger partial charge is 0.382 e. The Bertz CT molecular complexity index is 1430. The first kappa shape index (κ1) is 33.1. The van der Waals surface area contributed by atoms with Crippen LogP contribution in [-0.4, -0.2) is 74.6 Å². The van der Waals surface area contributed by atoms with Crippen LogP contribution in [0, 0.1) is 0 Å². The summed E-state index contributed by atoms with van der Waals surface area (Å²) in [6.45, 7) is 3.20. The van der Waals surface area contributed by atoms with Crippen LogP contribution in [0.4, 0.5) is 32.0 Å². The second-order valence-electron chi connectivity index (χ2n) is 10.0. The van der Waals surface area contributed by atoms with Crippen LogP contribution in [0.15, 0.2) is 58.5 Å². The Hall–Kier alpha value is -2.75. The number of rotatable bonds is 9. The molecule has 0 radical (unpaired) electrons. The van der Waals surface area contributed by atoms with Crippen molar-refractivity contribution < 1.29 is 44.3 Å². The van der Waals surface area contributed by atoms with Gasteiger partial charge in [0.15, 0.2) is 5.78 Å². The van der Waals surface area contributed by atoms with Gasteiger partial charge < -0.3 is 15.0 Å². The minimum absolute atomic E-state index is 0.0873. The quantitative estimate of drug-likeness (QED) is 0.199. The van der Waals surface area contributed by atoms with Crippen LogP contribution in [0.3, 0.4) is 0 Å². The number of nitrogens with zero attached hydrogens (tertiary/aromatic N) is 2. The highest BCUT2D eigenvalue weighted by molar-refractivity contribution is 7.99. The molecule has 15 heteroatoms. The summed E-state index contributed by atoms with van der Waals surface area (Å²) in [7, 11) is -3.42. The molecule has 0 spiro atoms. The van der Waals surface area contributed by atoms with Crippen LogP contribution in [-0.2, 0) is 27.1 Å². The molecule has 0 bridgehead atoms. The number of carbonyl (C=O) groups is 1. The third-order valence-corrected chi connectivity index (χ3v) is 10.1. The molecule has 2 fully saturated rings. The average molecular weight is 652 g/mol. The first-order valence-corrected chi connectivity index (χ1v) is 16.0. The summed E-state index contributed by atoms with van der Waals surface area (Å²) in [4.78, 5) is 14.0. The molecule has 0 aliphatic carbocycles. The van der Waals surface area contributed by atoms with Crippen LogP contribution in [0.25, 0.3) is 0 Å². The lowest BCUT2D eigenvalue weighted by Crippen LogP contribution is -2.47. The topological polar surface area (TPSA) is 79.0 Å². The fourth-order valence-electron chi connectivity index (χ4n) is 4.88. The maximum atomic E-state index is 14.3. The zero-order valence-corrected chi connectivity index (χ0v) is 24.8. The molecule has 2 saturated heterocycles. The molecule has 2 heterocycles. The number of allylic oxidation sites excluding steroid dienone is 1. The molecule has 0 amide bonds. The van der Waals surface area contributed by atoms with E-state index in [2.05, 4.69) is 5.32 Å². The average Bonchev–Trinajstić information content (AvgIpc) is 2.95. The third kappa shape index (κ3) is 8.46. The van der Waals surface area contributed by atoms with Crippen LogP contribution >= 0.6 is 11.8 Å². The first-order chi connectivity index (χ1) is 20.2. The number of alkyl halides is 6. The van der Waals surface area contributed by atoms with Crippen molar-refractivity contribution in [2.75, 3.05) is 50.5 Å². The van der Waals surface area contributed by atoms with E-state index < -0.39 is 49.7 Å². The number of anilines is 1. The van der Waals surface area contributed by atoms with Gasteiger partial charge >= 0.3 is 12.4 Å². The van der Waals surface area contributed by atoms with E-state index in [1.54, 1.807) is 18.2 Å². The van der Waals surface area contributed by atoms with E-state index in [-0.39, 0.29) is 38.0 Å². The number of hydrogen-bond acceptors (Lipinski definition) is 7. The summed E-state index contributed by atoms with van der Waals surface area (Å²) in [6, 6.07) is 8.15. The molecular weight excluding hydrogens is 620 g/mol. The zero-order chi connectivity index (χ0) is 31.4. The number of nitrogens with one attached hydrogen (secondary N) is 1. The van der Waals surface area contributed by atoms with E-state index in [0.29, 0.717) is 35.6 Å². The largest absolute Gasteiger partial charge is 0.418 e. The molecule has 2 aliphatic rings. The molecule has 43 heavy (non-hydrogen) atoms. The number of halogens is 6. The summed E-state index contributed by atoms with van der Waals surface area (Å²) < 4.78 is 116. The third-order valence-electron chi connectivity index (χ3n) is 7.12. The normalized spacial score (nSPS) is 17.9. The van der Waals surface area contributed by atoms with Crippen LogP contribution in [0.1, 0.15) is 41.3 Å². The van der Waals surface area contributed by atoms with Crippen molar-refractivity contribution in [3.8, 4) is 0 Å². The van der Waals surface area contributed by atoms with E-state index in [4.69, 9.17) is 4.74 Å². The summed E-state index contributed by atoms with van der Waals surface area (Å²) >= 11 is 0.532. The fourth-order valence-corrected chi connectivity index (χ4v) is 7.01. The lowest BCUT2D eigenvalue weighted by molar-refractivity contribution is -0.163. The van der Waals surface area contributed by atoms with Gasteiger partial charge in [0.2, 0.25) is 10.0 Å². The molecule has 0 atom stereocenters. The Kier molecular flexibility index (Phi) is 10.4. The van der Waals surface area contributed by atoms with Crippen molar-refractivity contribution in [2.45, 2.75) is 48.0 Å². The number of sulfonamides is 1. The molecule has 7 nitrogen and oxygen atoms in total. The highest BCUT2D eigenvalue weighted by atomic mass is 32.2. The highest BCUT2D eigenvalue weighted by Crippen LogP contribution is 2.48. The Morgan fingerprint density at radius 1 is 1.00 bits per heavy atom. The van der Waals surface area contributed by atoms with E-state index in [9.17, 15) is 39.6 Å². The highest BCUT2D eigenvalue weighted by Gasteiger charge is 2.47. The van der Waals surface area contributed by atoms with Gasteiger partial charge in [-0.25, -0.2) is 8.42 Å². The summed E-state index contributed by atoms with van der Waals surface area (Å²) in [6.07, 6.45) is -7.44. The molecule has 2 aromatic rings. The Balaban J connectivity index is 1.60. The molecular formula is C28H31F6N3O4S2. The Morgan fingerprint density at radius 3 is 2.26 bits per heavy atom. The molecule has 2 aliphatic heterocycles. The van der Waals surface area contributed by atoms with Crippen molar-refractivity contribution in [1.82, 2.24) is 9.21 Å². The van der Waals surface area contributed by atoms with E-state index >= 15 is 0 Å². The van der Waals surface area contributed by atoms with Gasteiger partial charge in [0.05, 0.1) is 16.9 Å². The predicted octanol–water partition coefficient (Wildman–Crippen LogP) is 6.13. The first-order valence-electron chi connectivity index (χ1n) is 13.6. The number of carbonyl (C=O) groups excluding carboxylic acids is 1. The van der Waals surface area contributed by atoms with Gasteiger partial charge in [0.1, 0.15) is 0 Å². The standard InChI is InChI=1S/C28H31F6N3O4S2/c1-2-43(39,40)37-14-12-36(13-15-37)11-8-23(38)22-6-7-24(26(28(32,33)34)25(22)27(29,30)31)42-21-5-3-4-20(18-21)35-19-9-16-41-17-10-19/h3-8,11,18-19,35H,2,9-10,12-17H2,1H3. The molecule has 2 aromatic carbocycles. The second-order valence-corrected chi connectivity index (χ2v) is 13.4. The van der Waals surface area contributed by atoms with Crippen molar-refractivity contribution >= 4 is 33.3 Å². The van der Waals surface area contributed by atoms with Gasteiger partial charge in [-0.05, 0) is 50.1 Å². The van der Waals surface area contributed by atoms with Crippen molar-refractivity contribution in [2.24, 2.45) is 0 Å². The Labute approximate surface area is 250 Å². The number of ether oxygens (including phenoxy) is 1. The van der Waals surface area contributed by atoms with Gasteiger partial charge in [-0.15, -0.1) is 0 Å². The lowest BCUT2D eigenvalue weighted by Gasteiger charge is -2.33.